The van der Waals surface area contributed by atoms with Gasteiger partial charge in [0.05, 0.1) is 4.92 Å². The van der Waals surface area contributed by atoms with Crippen LogP contribution in [-0.2, 0) is 0 Å². The molecular weight excluding hydrogens is 348 g/mol. The molecule has 0 aliphatic heterocycles. The number of pyridine rings is 1. The highest BCUT2D eigenvalue weighted by Crippen LogP contribution is 2.37. The van der Waals surface area contributed by atoms with Gasteiger partial charge in [0, 0.05) is 43.0 Å². The number of aromatic nitrogens is 1. The van der Waals surface area contributed by atoms with Gasteiger partial charge in [0.2, 0.25) is 0 Å². The molecule has 1 aromatic heterocycles. The molecule has 0 saturated heterocycles. The normalized spacial score (nSPS) is 10.4. The number of nitro groups is 1. The average Bonchev–Trinajstić information content (AvgIpc) is 2.52. The van der Waals surface area contributed by atoms with Crippen molar-refractivity contribution in [3.05, 3.63) is 49.8 Å². The van der Waals surface area contributed by atoms with E-state index in [0.717, 1.165) is 6.07 Å². The molecule has 0 bridgehead atoms. The summed E-state index contributed by atoms with van der Waals surface area (Å²) in [4.78, 5) is 49.2. The van der Waals surface area contributed by atoms with Crippen LogP contribution in [0.3, 0.4) is 0 Å². The summed E-state index contributed by atoms with van der Waals surface area (Å²) in [6.45, 7) is 0. The molecule has 0 aliphatic carbocycles. The Bertz CT molecular complexity index is 994. The van der Waals surface area contributed by atoms with Gasteiger partial charge in [0.1, 0.15) is 16.9 Å². The minimum Gasteiger partial charge on any atom is -0.478 e. The fourth-order valence-electron chi connectivity index (χ4n) is 2.54. The van der Waals surface area contributed by atoms with Gasteiger partial charge < -0.3 is 25.8 Å². The van der Waals surface area contributed by atoms with E-state index in [1.807, 2.05) is 4.98 Å². The summed E-state index contributed by atoms with van der Waals surface area (Å²) in [7, 11) is 3.14. The Morgan fingerprint density at radius 3 is 2.23 bits per heavy atom. The van der Waals surface area contributed by atoms with Gasteiger partial charge >= 0.3 is 11.9 Å². The van der Waals surface area contributed by atoms with E-state index in [-0.39, 0.29) is 11.3 Å². The molecule has 2 rings (SSSR count). The number of nitrogens with one attached hydrogen (secondary N) is 1. The maximum Gasteiger partial charge on any atom is 0.342 e. The third kappa shape index (κ3) is 3.05. The minimum absolute atomic E-state index is 0.114. The lowest BCUT2D eigenvalue weighted by Crippen LogP contribution is -2.25. The van der Waals surface area contributed by atoms with Crippen LogP contribution in [0.1, 0.15) is 20.7 Å². The van der Waals surface area contributed by atoms with Crippen LogP contribution in [0.4, 0.5) is 17.2 Å². The summed E-state index contributed by atoms with van der Waals surface area (Å²) in [6, 6.07) is 3.50. The van der Waals surface area contributed by atoms with Crippen LogP contribution in [0.2, 0.25) is 0 Å². The molecule has 0 saturated carbocycles. The summed E-state index contributed by atoms with van der Waals surface area (Å²) in [6.07, 6.45) is 0. The number of H-pyrrole nitrogens is 1. The van der Waals surface area contributed by atoms with Crippen molar-refractivity contribution in [1.29, 1.82) is 0 Å². The Balaban J connectivity index is 3.11. The fraction of sp³-hybridized carbons (Fsp3) is 0.133. The Kier molecular flexibility index (Phi) is 4.65. The summed E-state index contributed by atoms with van der Waals surface area (Å²) in [5, 5.41) is 30.0. The number of benzene rings is 1. The molecule has 26 heavy (non-hydrogen) atoms. The van der Waals surface area contributed by atoms with Gasteiger partial charge in [-0.25, -0.2) is 9.59 Å². The largest absolute Gasteiger partial charge is 0.478 e. The molecule has 0 spiro atoms. The molecule has 11 nitrogen and oxygen atoms in total. The Morgan fingerprint density at radius 1 is 1.19 bits per heavy atom. The van der Waals surface area contributed by atoms with Gasteiger partial charge in [-0.1, -0.05) is 0 Å². The molecule has 0 fully saturated rings. The highest BCUT2D eigenvalue weighted by molar-refractivity contribution is 6.09. The van der Waals surface area contributed by atoms with E-state index >= 15 is 0 Å². The third-order valence-electron chi connectivity index (χ3n) is 3.61. The van der Waals surface area contributed by atoms with Gasteiger partial charge in [-0.15, -0.1) is 0 Å². The molecule has 136 valence electrons. The van der Waals surface area contributed by atoms with E-state index in [1.54, 1.807) is 14.1 Å². The zero-order valence-corrected chi connectivity index (χ0v) is 13.6. The minimum atomic E-state index is -1.69. The van der Waals surface area contributed by atoms with E-state index in [1.165, 1.54) is 17.0 Å². The number of carbonyl (C=O) groups is 2. The van der Waals surface area contributed by atoms with E-state index in [9.17, 15) is 34.7 Å². The SMILES string of the molecule is CN(C)c1ccc([N+](=O)[O-])cc1-c1c(C(=O)O)c(N)[nH]c(=O)c1C(=O)O. The lowest BCUT2D eigenvalue weighted by Gasteiger charge is -2.20. The standard InChI is InChI=1S/C15H14N4O7/c1-18(2)8-4-3-6(19(25)26)5-7(8)9-10(14(21)22)12(16)17-13(20)11(9)15(23)24/h3-5H,1-2H3,(H,21,22)(H,23,24)(H3,16,17,20). The first kappa shape index (κ1) is 18.4. The number of non-ortho nitro benzene ring substituents is 1. The average molecular weight is 362 g/mol. The van der Waals surface area contributed by atoms with E-state index in [2.05, 4.69) is 0 Å². The second-order valence-electron chi connectivity index (χ2n) is 5.46. The maximum absolute atomic E-state index is 12.1. The molecule has 11 heteroatoms. The zero-order valence-electron chi connectivity index (χ0n) is 13.6. The Labute approximate surface area is 145 Å². The molecule has 0 amide bonds. The van der Waals surface area contributed by atoms with Crippen LogP contribution in [0, 0.1) is 10.1 Å². The monoisotopic (exact) mass is 362 g/mol. The van der Waals surface area contributed by atoms with Crippen LogP contribution < -0.4 is 16.2 Å². The number of rotatable bonds is 5. The van der Waals surface area contributed by atoms with Crippen LogP contribution in [0.15, 0.2) is 23.0 Å². The van der Waals surface area contributed by atoms with E-state index < -0.39 is 50.6 Å². The number of carboxylic acid groups (broad SMARTS) is 2. The van der Waals surface area contributed by atoms with Crippen molar-refractivity contribution < 1.29 is 24.7 Å². The van der Waals surface area contributed by atoms with Crippen LogP contribution in [-0.4, -0.2) is 46.2 Å². The number of nitro benzene ring substituents is 1. The molecule has 2 aromatic rings. The van der Waals surface area contributed by atoms with Crippen LogP contribution >= 0.6 is 0 Å². The highest BCUT2D eigenvalue weighted by atomic mass is 16.6. The molecule has 0 radical (unpaired) electrons. The summed E-state index contributed by atoms with van der Waals surface area (Å²) in [5.41, 5.74) is 2.17. The van der Waals surface area contributed by atoms with Gasteiger partial charge in [0.15, 0.2) is 0 Å². The van der Waals surface area contributed by atoms with Crippen molar-refractivity contribution in [3.63, 3.8) is 0 Å². The first-order valence-electron chi connectivity index (χ1n) is 7.04. The van der Waals surface area contributed by atoms with Crippen LogP contribution in [0.5, 0.6) is 0 Å². The third-order valence-corrected chi connectivity index (χ3v) is 3.61. The number of nitrogen functional groups attached to an aromatic ring is 1. The second kappa shape index (κ2) is 6.55. The van der Waals surface area contributed by atoms with Gasteiger partial charge in [-0.05, 0) is 6.07 Å². The van der Waals surface area contributed by atoms with Crippen molar-refractivity contribution in [2.75, 3.05) is 24.7 Å². The first-order valence-corrected chi connectivity index (χ1v) is 7.04. The van der Waals surface area contributed by atoms with Crippen molar-refractivity contribution in [2.24, 2.45) is 0 Å². The number of anilines is 2. The number of nitrogens with two attached hydrogens (primary N) is 1. The van der Waals surface area contributed by atoms with Crippen LogP contribution in [0.25, 0.3) is 11.1 Å². The Hall–Kier alpha value is -3.89. The number of hydrogen-bond acceptors (Lipinski definition) is 7. The molecule has 0 aliphatic rings. The summed E-state index contributed by atoms with van der Waals surface area (Å²) < 4.78 is 0. The fourth-order valence-corrected chi connectivity index (χ4v) is 2.54. The predicted octanol–water partition coefficient (Wildman–Crippen LogP) is 0.995. The number of carboxylic acids is 2. The molecule has 0 atom stereocenters. The van der Waals surface area contributed by atoms with Crippen molar-refractivity contribution in [2.45, 2.75) is 0 Å². The molecule has 1 heterocycles. The van der Waals surface area contributed by atoms with Gasteiger partial charge in [0.25, 0.3) is 11.2 Å². The highest BCUT2D eigenvalue weighted by Gasteiger charge is 2.29. The lowest BCUT2D eigenvalue weighted by molar-refractivity contribution is -0.384. The predicted molar refractivity (Wildman–Crippen MR) is 91.8 cm³/mol. The lowest BCUT2D eigenvalue weighted by atomic mass is 9.93. The Morgan fingerprint density at radius 2 is 1.77 bits per heavy atom. The summed E-state index contributed by atoms with van der Waals surface area (Å²) >= 11 is 0. The number of nitrogens with zero attached hydrogens (tertiary/aromatic N) is 2. The first-order chi connectivity index (χ1) is 12.1. The molecule has 1 aromatic carbocycles. The van der Waals surface area contributed by atoms with E-state index in [4.69, 9.17) is 5.73 Å². The molecule has 0 unspecified atom stereocenters. The quantitative estimate of drug-likeness (QED) is 0.445. The zero-order chi connectivity index (χ0) is 19.8. The smallest absolute Gasteiger partial charge is 0.342 e. The van der Waals surface area contributed by atoms with E-state index in [0.29, 0.717) is 0 Å². The second-order valence-corrected chi connectivity index (χ2v) is 5.46. The summed E-state index contributed by atoms with van der Waals surface area (Å²) in [5.74, 6) is -3.84. The van der Waals surface area contributed by atoms with Gasteiger partial charge in [-0.3, -0.25) is 14.9 Å². The molecular formula is C15H14N4O7. The van der Waals surface area contributed by atoms with Crippen molar-refractivity contribution in [3.8, 4) is 11.1 Å². The van der Waals surface area contributed by atoms with Crippen molar-refractivity contribution in [1.82, 2.24) is 4.98 Å². The maximum atomic E-state index is 12.1. The van der Waals surface area contributed by atoms with Gasteiger partial charge in [-0.2, -0.15) is 0 Å². The molecule has 5 N–H and O–H groups in total. The number of aromatic amines is 1. The van der Waals surface area contributed by atoms with Crippen molar-refractivity contribution >= 4 is 29.1 Å². The number of aromatic carboxylic acids is 2. The number of hydrogen-bond donors (Lipinski definition) is 4. The topological polar surface area (TPSA) is 180 Å².